The molecule has 0 saturated heterocycles. The number of nitrogens with one attached hydrogen (secondary N) is 1. The van der Waals surface area contributed by atoms with Gasteiger partial charge in [-0.05, 0) is 35.8 Å². The molecule has 1 aromatic heterocycles. The van der Waals surface area contributed by atoms with Gasteiger partial charge in [0.2, 0.25) is 0 Å². The van der Waals surface area contributed by atoms with E-state index >= 15 is 0 Å². The molecule has 0 radical (unpaired) electrons. The van der Waals surface area contributed by atoms with E-state index in [0.717, 1.165) is 10.2 Å². The van der Waals surface area contributed by atoms with Crippen molar-refractivity contribution in [1.82, 2.24) is 5.32 Å². The van der Waals surface area contributed by atoms with Gasteiger partial charge in [0.25, 0.3) is 0 Å². The highest BCUT2D eigenvalue weighted by molar-refractivity contribution is 9.10. The molecule has 74 valence electrons. The predicted octanol–water partition coefficient (Wildman–Crippen LogP) is 2.07. The Morgan fingerprint density at radius 1 is 1.62 bits per heavy atom. The lowest BCUT2D eigenvalue weighted by molar-refractivity contribution is 0.238. The molecule has 0 saturated carbocycles. The number of aliphatic hydroxyl groups is 1. The van der Waals surface area contributed by atoms with Crippen molar-refractivity contribution in [2.24, 2.45) is 0 Å². The molecule has 2 atom stereocenters. The third-order valence-corrected chi connectivity index (χ3v) is 2.50. The Hall–Kier alpha value is -0.320. The molecule has 0 fully saturated rings. The van der Waals surface area contributed by atoms with Crippen molar-refractivity contribution in [2.75, 3.05) is 6.61 Å². The van der Waals surface area contributed by atoms with Crippen molar-refractivity contribution in [2.45, 2.75) is 25.9 Å². The van der Waals surface area contributed by atoms with E-state index in [9.17, 15) is 0 Å². The van der Waals surface area contributed by atoms with E-state index in [4.69, 9.17) is 9.52 Å². The number of aliphatic hydroxyl groups excluding tert-OH is 1. The first-order chi connectivity index (χ1) is 6.15. The van der Waals surface area contributed by atoms with Crippen LogP contribution in [-0.4, -0.2) is 17.8 Å². The SMILES string of the molecule is CC(CO)NC(C)c1occc1Br. The lowest BCUT2D eigenvalue weighted by atomic mass is 10.2. The molecule has 1 heterocycles. The minimum Gasteiger partial charge on any atom is -0.466 e. The summed E-state index contributed by atoms with van der Waals surface area (Å²) in [5.74, 6) is 0.861. The average Bonchev–Trinajstić information content (AvgIpc) is 2.51. The van der Waals surface area contributed by atoms with Crippen LogP contribution >= 0.6 is 15.9 Å². The van der Waals surface area contributed by atoms with Gasteiger partial charge >= 0.3 is 0 Å². The molecule has 1 aromatic rings. The third kappa shape index (κ3) is 2.83. The molecule has 0 aromatic carbocycles. The zero-order valence-electron chi connectivity index (χ0n) is 7.75. The Kier molecular flexibility index (Phi) is 3.96. The summed E-state index contributed by atoms with van der Waals surface area (Å²) in [7, 11) is 0. The molecule has 0 bridgehead atoms. The Bertz CT molecular complexity index is 262. The highest BCUT2D eigenvalue weighted by atomic mass is 79.9. The molecule has 0 aliphatic heterocycles. The molecule has 13 heavy (non-hydrogen) atoms. The van der Waals surface area contributed by atoms with Gasteiger partial charge in [0.1, 0.15) is 5.76 Å². The van der Waals surface area contributed by atoms with Gasteiger partial charge in [-0.3, -0.25) is 0 Å². The minimum absolute atomic E-state index is 0.0759. The van der Waals surface area contributed by atoms with Crippen LogP contribution < -0.4 is 5.32 Å². The van der Waals surface area contributed by atoms with Gasteiger partial charge in [0.05, 0.1) is 23.4 Å². The average molecular weight is 248 g/mol. The van der Waals surface area contributed by atoms with Crippen molar-refractivity contribution in [1.29, 1.82) is 0 Å². The lowest BCUT2D eigenvalue weighted by Crippen LogP contribution is -2.31. The molecule has 1 rings (SSSR count). The van der Waals surface area contributed by atoms with Crippen molar-refractivity contribution in [3.63, 3.8) is 0 Å². The first-order valence-electron chi connectivity index (χ1n) is 4.25. The summed E-state index contributed by atoms with van der Waals surface area (Å²) >= 11 is 3.38. The fourth-order valence-electron chi connectivity index (χ4n) is 1.17. The molecule has 0 spiro atoms. The second-order valence-corrected chi connectivity index (χ2v) is 3.96. The second-order valence-electron chi connectivity index (χ2n) is 3.10. The van der Waals surface area contributed by atoms with Gasteiger partial charge in [-0.25, -0.2) is 0 Å². The second kappa shape index (κ2) is 4.79. The molecule has 0 aliphatic carbocycles. The molecule has 2 unspecified atom stereocenters. The number of hydrogen-bond donors (Lipinski definition) is 2. The Morgan fingerprint density at radius 3 is 2.77 bits per heavy atom. The molecular weight excluding hydrogens is 234 g/mol. The van der Waals surface area contributed by atoms with E-state index in [1.807, 2.05) is 19.9 Å². The van der Waals surface area contributed by atoms with Crippen LogP contribution in [0, 0.1) is 0 Å². The summed E-state index contributed by atoms with van der Waals surface area (Å²) in [4.78, 5) is 0. The Balaban J connectivity index is 2.58. The molecule has 2 N–H and O–H groups in total. The number of hydrogen-bond acceptors (Lipinski definition) is 3. The standard InChI is InChI=1S/C9H14BrNO2/c1-6(5-12)11-7(2)9-8(10)3-4-13-9/h3-4,6-7,11-12H,5H2,1-2H3. The van der Waals surface area contributed by atoms with Crippen LogP contribution in [0.15, 0.2) is 21.2 Å². The van der Waals surface area contributed by atoms with Crippen LogP contribution in [-0.2, 0) is 0 Å². The highest BCUT2D eigenvalue weighted by Gasteiger charge is 2.14. The number of rotatable bonds is 4. The fourth-order valence-corrected chi connectivity index (χ4v) is 1.71. The van der Waals surface area contributed by atoms with Crippen LogP contribution in [0.1, 0.15) is 25.6 Å². The van der Waals surface area contributed by atoms with Crippen molar-refractivity contribution < 1.29 is 9.52 Å². The Labute approximate surface area is 86.3 Å². The zero-order chi connectivity index (χ0) is 9.84. The first kappa shape index (κ1) is 10.8. The highest BCUT2D eigenvalue weighted by Crippen LogP contribution is 2.24. The minimum atomic E-state index is 0.0759. The smallest absolute Gasteiger partial charge is 0.134 e. The maximum atomic E-state index is 8.85. The van der Waals surface area contributed by atoms with Crippen molar-refractivity contribution in [3.05, 3.63) is 22.6 Å². The third-order valence-electron chi connectivity index (χ3n) is 1.85. The van der Waals surface area contributed by atoms with Gasteiger partial charge in [-0.1, -0.05) is 0 Å². The zero-order valence-corrected chi connectivity index (χ0v) is 9.34. The molecule has 0 aliphatic rings. The predicted molar refractivity (Wildman–Crippen MR) is 54.5 cm³/mol. The van der Waals surface area contributed by atoms with E-state index < -0.39 is 0 Å². The molecule has 3 nitrogen and oxygen atoms in total. The molecule has 0 amide bonds. The van der Waals surface area contributed by atoms with Crippen molar-refractivity contribution in [3.8, 4) is 0 Å². The molecule has 4 heteroatoms. The van der Waals surface area contributed by atoms with Crippen LogP contribution in [0.3, 0.4) is 0 Å². The molecular formula is C9H14BrNO2. The van der Waals surface area contributed by atoms with Gasteiger partial charge in [0.15, 0.2) is 0 Å². The summed E-state index contributed by atoms with van der Waals surface area (Å²) in [6.45, 7) is 4.05. The lowest BCUT2D eigenvalue weighted by Gasteiger charge is -2.16. The summed E-state index contributed by atoms with van der Waals surface area (Å²) in [6.07, 6.45) is 1.64. The van der Waals surface area contributed by atoms with Gasteiger partial charge in [0, 0.05) is 6.04 Å². The number of halogens is 1. The summed E-state index contributed by atoms with van der Waals surface area (Å²) in [5, 5.41) is 12.0. The van der Waals surface area contributed by atoms with Crippen LogP contribution in [0.4, 0.5) is 0 Å². The van der Waals surface area contributed by atoms with Crippen LogP contribution in [0.5, 0.6) is 0 Å². The maximum absolute atomic E-state index is 8.85. The van der Waals surface area contributed by atoms with Gasteiger partial charge < -0.3 is 14.8 Å². The monoisotopic (exact) mass is 247 g/mol. The summed E-state index contributed by atoms with van der Waals surface area (Å²) in [6, 6.07) is 2.04. The van der Waals surface area contributed by atoms with Gasteiger partial charge in [-0.2, -0.15) is 0 Å². The fraction of sp³-hybridized carbons (Fsp3) is 0.556. The van der Waals surface area contributed by atoms with E-state index in [1.165, 1.54) is 0 Å². The van der Waals surface area contributed by atoms with E-state index in [0.29, 0.717) is 0 Å². The largest absolute Gasteiger partial charge is 0.466 e. The van der Waals surface area contributed by atoms with Crippen LogP contribution in [0.25, 0.3) is 0 Å². The first-order valence-corrected chi connectivity index (χ1v) is 5.04. The normalized spacial score (nSPS) is 15.7. The van der Waals surface area contributed by atoms with E-state index in [1.54, 1.807) is 6.26 Å². The van der Waals surface area contributed by atoms with Crippen molar-refractivity contribution >= 4 is 15.9 Å². The van der Waals surface area contributed by atoms with E-state index in [2.05, 4.69) is 21.2 Å². The van der Waals surface area contributed by atoms with E-state index in [-0.39, 0.29) is 18.7 Å². The van der Waals surface area contributed by atoms with Crippen LogP contribution in [0.2, 0.25) is 0 Å². The maximum Gasteiger partial charge on any atom is 0.134 e. The quantitative estimate of drug-likeness (QED) is 0.857. The van der Waals surface area contributed by atoms with Gasteiger partial charge in [-0.15, -0.1) is 0 Å². The summed E-state index contributed by atoms with van der Waals surface area (Å²) < 4.78 is 6.24. The Morgan fingerprint density at radius 2 is 2.31 bits per heavy atom. The number of furan rings is 1. The topological polar surface area (TPSA) is 45.4 Å². The summed E-state index contributed by atoms with van der Waals surface area (Å²) in [5.41, 5.74) is 0.